The summed E-state index contributed by atoms with van der Waals surface area (Å²) in [7, 11) is 6.15. The van der Waals surface area contributed by atoms with Crippen molar-refractivity contribution in [3.8, 4) is 28.7 Å². The molecule has 5 atom stereocenters. The molecule has 0 aliphatic carbocycles. The van der Waals surface area contributed by atoms with E-state index in [0.29, 0.717) is 86.3 Å². The number of nitrogens with one attached hydrogen (secondary N) is 5. The normalized spacial score (nSPS) is 19.5. The van der Waals surface area contributed by atoms with Crippen molar-refractivity contribution in [2.45, 2.75) is 113 Å². The number of rotatable bonds is 25. The fourth-order valence-electron chi connectivity index (χ4n) is 7.50. The Bertz CT molecular complexity index is 1750. The molecule has 2 fully saturated rings. The molecule has 0 saturated carbocycles. The topological polar surface area (TPSA) is 210 Å². The molecule has 17 heteroatoms. The van der Waals surface area contributed by atoms with Gasteiger partial charge in [-0.05, 0) is 93.2 Å². The quantitative estimate of drug-likeness (QED) is 0.0600. The fourth-order valence-corrected chi connectivity index (χ4v) is 9.04. The number of benzene rings is 2. The lowest BCUT2D eigenvalue weighted by molar-refractivity contribution is -0.129. The summed E-state index contributed by atoms with van der Waals surface area (Å²) in [6.45, 7) is 2.63. The maximum absolute atomic E-state index is 13.7. The highest BCUT2D eigenvalue weighted by Crippen LogP contribution is 2.42. The first-order chi connectivity index (χ1) is 27.9. The number of hydrogen-bond acceptors (Lipinski definition) is 12. The molecule has 0 spiro atoms. The van der Waals surface area contributed by atoms with Crippen LogP contribution in [0.2, 0.25) is 0 Å². The summed E-state index contributed by atoms with van der Waals surface area (Å²) in [5.41, 5.74) is 1.22. The molecule has 318 valence electrons. The van der Waals surface area contributed by atoms with Crippen LogP contribution in [0.1, 0.15) is 88.2 Å². The number of carbonyl (C=O) groups excluding carboxylic acids is 4. The van der Waals surface area contributed by atoms with E-state index in [2.05, 4.69) is 36.8 Å². The standard InChI is InChI=1S/C41H59N7O9S/c1-41(47-48-41)17-15-36(51)44-28(10-8-9-18-42-35(50)12-7-6-11-34-37-29(24-58-34)45-40(53)46-37)39(52)43-19-16-26(20-25-13-14-31(54-2)30(49)21-25)27-22-32(55-3)38(57-5)33(23-27)56-4/h13-14,21-23,26,28-29,34,37,49H,6-12,15-20,24H2,1-5H3,(H,42,50)(H,43,52)(H,44,51)(H2,45,46,53)/t26?,28-,29-,34-,37-/m0/s1. The van der Waals surface area contributed by atoms with Crippen LogP contribution in [0.4, 0.5) is 4.79 Å². The van der Waals surface area contributed by atoms with Gasteiger partial charge in [0.15, 0.2) is 28.7 Å². The van der Waals surface area contributed by atoms with E-state index in [0.717, 1.165) is 36.1 Å². The van der Waals surface area contributed by atoms with E-state index in [4.69, 9.17) is 18.9 Å². The lowest BCUT2D eigenvalue weighted by Gasteiger charge is -2.23. The number of urea groups is 1. The average molecular weight is 826 g/mol. The largest absolute Gasteiger partial charge is 0.504 e. The van der Waals surface area contributed by atoms with E-state index >= 15 is 0 Å². The number of carbonyl (C=O) groups is 4. The van der Waals surface area contributed by atoms with Crippen LogP contribution >= 0.6 is 11.8 Å². The van der Waals surface area contributed by atoms with Crippen molar-refractivity contribution in [2.24, 2.45) is 10.2 Å². The molecule has 3 aliphatic heterocycles. The third-order valence-electron chi connectivity index (χ3n) is 10.9. The van der Waals surface area contributed by atoms with Gasteiger partial charge in [-0.2, -0.15) is 22.0 Å². The van der Waals surface area contributed by atoms with E-state index < -0.39 is 11.7 Å². The van der Waals surface area contributed by atoms with Crippen molar-refractivity contribution >= 4 is 35.5 Å². The molecule has 0 radical (unpaired) electrons. The van der Waals surface area contributed by atoms with Gasteiger partial charge in [-0.1, -0.05) is 12.5 Å². The number of thioether (sulfide) groups is 1. The molecule has 5 rings (SSSR count). The molecule has 3 aliphatic rings. The average Bonchev–Trinajstić information content (AvgIpc) is 3.67. The summed E-state index contributed by atoms with van der Waals surface area (Å²) in [4.78, 5) is 50.9. The predicted octanol–water partition coefficient (Wildman–Crippen LogP) is 4.72. The SMILES string of the molecule is COc1ccc(CC(CCNC(=O)[C@H](CCCCNC(=O)CCCC[C@@H]2SC[C@@H]3NC(=O)N[C@@H]32)NC(=O)CCC2(C)N=N2)c2cc(OC)c(OC)c(OC)c2)cc1O. The van der Waals surface area contributed by atoms with Crippen molar-refractivity contribution in [3.05, 3.63) is 41.5 Å². The van der Waals surface area contributed by atoms with Crippen molar-refractivity contribution in [2.75, 3.05) is 47.3 Å². The van der Waals surface area contributed by atoms with Crippen LogP contribution in [-0.2, 0) is 20.8 Å². The molecule has 0 bridgehead atoms. The summed E-state index contributed by atoms with van der Waals surface area (Å²) in [5.74, 6) is 2.08. The Morgan fingerprint density at radius 1 is 0.879 bits per heavy atom. The highest BCUT2D eigenvalue weighted by atomic mass is 32.2. The van der Waals surface area contributed by atoms with Gasteiger partial charge in [0, 0.05) is 43.4 Å². The number of phenols is 1. The molecule has 1 unspecified atom stereocenters. The van der Waals surface area contributed by atoms with Crippen molar-refractivity contribution in [1.82, 2.24) is 26.6 Å². The van der Waals surface area contributed by atoms with Gasteiger partial charge in [-0.25, -0.2) is 4.79 Å². The summed E-state index contributed by atoms with van der Waals surface area (Å²) < 4.78 is 22.0. The number of hydrogen-bond donors (Lipinski definition) is 6. The van der Waals surface area contributed by atoms with Crippen LogP contribution in [0.5, 0.6) is 28.7 Å². The molecule has 2 aromatic rings. The summed E-state index contributed by atoms with van der Waals surface area (Å²) in [6, 6.07) is 8.55. The van der Waals surface area contributed by atoms with Crippen LogP contribution in [0.15, 0.2) is 40.6 Å². The molecule has 3 heterocycles. The van der Waals surface area contributed by atoms with Crippen LogP contribution in [0.3, 0.4) is 0 Å². The van der Waals surface area contributed by atoms with E-state index in [1.165, 1.54) is 7.11 Å². The van der Waals surface area contributed by atoms with Gasteiger partial charge < -0.3 is 50.6 Å². The van der Waals surface area contributed by atoms with Crippen LogP contribution in [0, 0.1) is 0 Å². The minimum absolute atomic E-state index is 0.00807. The summed E-state index contributed by atoms with van der Waals surface area (Å²) in [5, 5.41) is 33.8. The van der Waals surface area contributed by atoms with Gasteiger partial charge in [0.1, 0.15) is 6.04 Å². The molecule has 58 heavy (non-hydrogen) atoms. The lowest BCUT2D eigenvalue weighted by Crippen LogP contribution is -2.47. The van der Waals surface area contributed by atoms with Crippen LogP contribution < -0.4 is 45.5 Å². The van der Waals surface area contributed by atoms with Gasteiger partial charge in [0.25, 0.3) is 0 Å². The van der Waals surface area contributed by atoms with Crippen LogP contribution in [-0.4, -0.2) is 105 Å². The maximum Gasteiger partial charge on any atom is 0.315 e. The van der Waals surface area contributed by atoms with Gasteiger partial charge in [-0.15, -0.1) is 0 Å². The summed E-state index contributed by atoms with van der Waals surface area (Å²) >= 11 is 1.87. The maximum atomic E-state index is 13.7. The Labute approximate surface area is 344 Å². The number of methoxy groups -OCH3 is 4. The zero-order chi connectivity index (χ0) is 41.7. The van der Waals surface area contributed by atoms with E-state index in [-0.39, 0.29) is 53.9 Å². The molecule has 16 nitrogen and oxygen atoms in total. The van der Waals surface area contributed by atoms with Gasteiger partial charge in [0.2, 0.25) is 23.5 Å². The molecule has 0 aromatic heterocycles. The van der Waals surface area contributed by atoms with Crippen molar-refractivity contribution in [1.29, 1.82) is 0 Å². The lowest BCUT2D eigenvalue weighted by atomic mass is 9.88. The number of fused-ring (bicyclic) bond motifs is 1. The molecule has 2 aromatic carbocycles. The second kappa shape index (κ2) is 21.2. The van der Waals surface area contributed by atoms with E-state index in [1.807, 2.05) is 36.9 Å². The predicted molar refractivity (Wildman–Crippen MR) is 220 cm³/mol. The molecular formula is C41H59N7O9S. The smallest absolute Gasteiger partial charge is 0.315 e. The van der Waals surface area contributed by atoms with Crippen LogP contribution in [0.25, 0.3) is 0 Å². The second-order valence-corrected chi connectivity index (χ2v) is 16.5. The van der Waals surface area contributed by atoms with E-state index in [1.54, 1.807) is 33.5 Å². The minimum atomic E-state index is -0.768. The number of amides is 5. The molecule has 5 amide bonds. The Morgan fingerprint density at radius 2 is 1.62 bits per heavy atom. The molecule has 2 saturated heterocycles. The van der Waals surface area contributed by atoms with Crippen molar-refractivity contribution in [3.63, 3.8) is 0 Å². The first-order valence-electron chi connectivity index (χ1n) is 20.1. The Hall–Kier alpha value is -4.93. The van der Waals surface area contributed by atoms with Crippen molar-refractivity contribution < 1.29 is 43.2 Å². The monoisotopic (exact) mass is 825 g/mol. The number of nitrogens with zero attached hydrogens (tertiary/aromatic N) is 2. The first-order valence-corrected chi connectivity index (χ1v) is 21.1. The molecule has 6 N–H and O–H groups in total. The number of phenolic OH excluding ortho intramolecular Hbond substituents is 1. The fraction of sp³-hybridized carbons (Fsp3) is 0.610. The van der Waals surface area contributed by atoms with E-state index in [9.17, 15) is 24.3 Å². The minimum Gasteiger partial charge on any atom is -0.504 e. The number of ether oxygens (including phenoxy) is 4. The zero-order valence-electron chi connectivity index (χ0n) is 34.2. The number of unbranched alkanes of at least 4 members (excludes halogenated alkanes) is 2. The van der Waals surface area contributed by atoms with Gasteiger partial charge >= 0.3 is 6.03 Å². The Balaban J connectivity index is 1.13. The summed E-state index contributed by atoms with van der Waals surface area (Å²) in [6.07, 6.45) is 6.42. The Morgan fingerprint density at radius 3 is 2.29 bits per heavy atom. The third kappa shape index (κ3) is 12.5. The zero-order valence-corrected chi connectivity index (χ0v) is 35.0. The number of aromatic hydroxyl groups is 1. The van der Waals surface area contributed by atoms with Gasteiger partial charge in [0.05, 0.1) is 40.5 Å². The second-order valence-electron chi connectivity index (χ2n) is 15.2. The third-order valence-corrected chi connectivity index (χ3v) is 12.4. The highest BCUT2D eigenvalue weighted by Gasteiger charge is 2.42. The molecular weight excluding hydrogens is 767 g/mol. The first kappa shape index (κ1) is 44.2. The Kier molecular flexibility index (Phi) is 16.1. The van der Waals surface area contributed by atoms with Gasteiger partial charge in [-0.3, -0.25) is 14.4 Å². The highest BCUT2D eigenvalue weighted by molar-refractivity contribution is 8.00.